The van der Waals surface area contributed by atoms with Gasteiger partial charge in [0, 0.05) is 0 Å². The summed E-state index contributed by atoms with van der Waals surface area (Å²) < 4.78 is 18.5. The lowest BCUT2D eigenvalue weighted by molar-refractivity contribution is -0.123. The third-order valence-corrected chi connectivity index (χ3v) is 3.11. The number of rotatable bonds is 4. The molecule has 106 valence electrons. The number of nitrogens with one attached hydrogen (secondary N) is 2. The SMILES string of the molecule is N#Cc1cc(F)ccc1NC(=O)COC1CCNCC1. The van der Waals surface area contributed by atoms with Crippen molar-refractivity contribution in [1.29, 1.82) is 5.26 Å². The van der Waals surface area contributed by atoms with Crippen molar-refractivity contribution in [3.8, 4) is 6.07 Å². The molecule has 1 aromatic carbocycles. The third-order valence-electron chi connectivity index (χ3n) is 3.11. The van der Waals surface area contributed by atoms with Crippen LogP contribution in [0, 0.1) is 17.1 Å². The van der Waals surface area contributed by atoms with E-state index in [0.717, 1.165) is 32.0 Å². The maximum absolute atomic E-state index is 13.0. The molecule has 2 rings (SSSR count). The van der Waals surface area contributed by atoms with Crippen molar-refractivity contribution in [2.24, 2.45) is 0 Å². The van der Waals surface area contributed by atoms with Crippen LogP contribution in [0.15, 0.2) is 18.2 Å². The van der Waals surface area contributed by atoms with Crippen LogP contribution >= 0.6 is 0 Å². The lowest BCUT2D eigenvalue weighted by atomic mass is 10.1. The van der Waals surface area contributed by atoms with E-state index in [1.165, 1.54) is 12.1 Å². The van der Waals surface area contributed by atoms with E-state index in [-0.39, 0.29) is 24.2 Å². The minimum absolute atomic E-state index is 0.0626. The summed E-state index contributed by atoms with van der Waals surface area (Å²) in [5.74, 6) is -0.850. The summed E-state index contributed by atoms with van der Waals surface area (Å²) in [4.78, 5) is 11.8. The number of halogens is 1. The topological polar surface area (TPSA) is 74.2 Å². The molecule has 1 aliphatic rings. The van der Waals surface area contributed by atoms with Gasteiger partial charge in [-0.15, -0.1) is 0 Å². The fourth-order valence-corrected chi connectivity index (χ4v) is 2.06. The average molecular weight is 277 g/mol. The van der Waals surface area contributed by atoms with Gasteiger partial charge in [0.15, 0.2) is 0 Å². The molecule has 0 atom stereocenters. The van der Waals surface area contributed by atoms with Crippen LogP contribution in [0.1, 0.15) is 18.4 Å². The lowest BCUT2D eigenvalue weighted by Gasteiger charge is -2.22. The highest BCUT2D eigenvalue weighted by molar-refractivity contribution is 5.93. The molecule has 1 aromatic rings. The largest absolute Gasteiger partial charge is 0.368 e. The number of carbonyl (C=O) groups is 1. The summed E-state index contributed by atoms with van der Waals surface area (Å²) >= 11 is 0. The standard InChI is InChI=1S/C14H16FN3O2/c15-11-1-2-13(10(7-11)8-16)18-14(19)9-20-12-3-5-17-6-4-12/h1-2,7,12,17H,3-6,9H2,(H,18,19). The van der Waals surface area contributed by atoms with Crippen LogP contribution in [0.5, 0.6) is 0 Å². The molecule has 0 aliphatic carbocycles. The molecule has 20 heavy (non-hydrogen) atoms. The molecule has 0 spiro atoms. The van der Waals surface area contributed by atoms with Gasteiger partial charge in [0.05, 0.1) is 17.4 Å². The number of anilines is 1. The monoisotopic (exact) mass is 277 g/mol. The maximum atomic E-state index is 13.0. The summed E-state index contributed by atoms with van der Waals surface area (Å²) in [6, 6.07) is 5.50. The molecular weight excluding hydrogens is 261 g/mol. The molecule has 0 radical (unpaired) electrons. The number of benzene rings is 1. The second-order valence-electron chi connectivity index (χ2n) is 4.61. The normalized spacial score (nSPS) is 15.6. The molecule has 6 heteroatoms. The van der Waals surface area contributed by atoms with Gasteiger partial charge < -0.3 is 15.4 Å². The summed E-state index contributed by atoms with van der Waals surface area (Å²) in [5, 5.41) is 14.7. The van der Waals surface area contributed by atoms with Crippen LogP contribution in [-0.4, -0.2) is 31.7 Å². The number of amides is 1. The van der Waals surface area contributed by atoms with Crippen LogP contribution in [0.25, 0.3) is 0 Å². The van der Waals surface area contributed by atoms with Gasteiger partial charge in [-0.3, -0.25) is 4.79 Å². The van der Waals surface area contributed by atoms with Gasteiger partial charge in [-0.2, -0.15) is 5.26 Å². The van der Waals surface area contributed by atoms with Gasteiger partial charge in [-0.25, -0.2) is 4.39 Å². The minimum Gasteiger partial charge on any atom is -0.368 e. The Bertz CT molecular complexity index is 522. The highest BCUT2D eigenvalue weighted by Gasteiger charge is 2.15. The zero-order valence-electron chi connectivity index (χ0n) is 11.0. The van der Waals surface area contributed by atoms with E-state index in [1.807, 2.05) is 6.07 Å². The third kappa shape index (κ3) is 4.02. The number of hydrogen-bond donors (Lipinski definition) is 2. The Morgan fingerprint density at radius 2 is 2.25 bits per heavy atom. The van der Waals surface area contributed by atoms with E-state index in [0.29, 0.717) is 5.69 Å². The van der Waals surface area contributed by atoms with Crippen LogP contribution in [-0.2, 0) is 9.53 Å². The first-order valence-corrected chi connectivity index (χ1v) is 6.51. The Hall–Kier alpha value is -1.97. The van der Waals surface area contributed by atoms with Gasteiger partial charge in [0.2, 0.25) is 5.91 Å². The second kappa shape index (κ2) is 6.98. The van der Waals surface area contributed by atoms with Gasteiger partial charge in [-0.1, -0.05) is 0 Å². The molecule has 1 aliphatic heterocycles. The Morgan fingerprint density at radius 3 is 2.95 bits per heavy atom. The first-order valence-electron chi connectivity index (χ1n) is 6.51. The summed E-state index contributed by atoms with van der Waals surface area (Å²) in [6.45, 7) is 1.72. The predicted molar refractivity (Wildman–Crippen MR) is 71.6 cm³/mol. The summed E-state index contributed by atoms with van der Waals surface area (Å²) in [6.07, 6.45) is 1.85. The molecule has 1 amide bonds. The molecule has 1 heterocycles. The maximum Gasteiger partial charge on any atom is 0.250 e. The van der Waals surface area contributed by atoms with E-state index in [2.05, 4.69) is 10.6 Å². The van der Waals surface area contributed by atoms with Crippen molar-refractivity contribution < 1.29 is 13.9 Å². The van der Waals surface area contributed by atoms with Gasteiger partial charge >= 0.3 is 0 Å². The highest BCUT2D eigenvalue weighted by atomic mass is 19.1. The second-order valence-corrected chi connectivity index (χ2v) is 4.61. The lowest BCUT2D eigenvalue weighted by Crippen LogP contribution is -2.34. The fourth-order valence-electron chi connectivity index (χ4n) is 2.06. The number of hydrogen-bond acceptors (Lipinski definition) is 4. The Labute approximate surface area is 116 Å². The van der Waals surface area contributed by atoms with Gasteiger partial charge in [0.1, 0.15) is 18.5 Å². The fraction of sp³-hybridized carbons (Fsp3) is 0.429. The first-order chi connectivity index (χ1) is 9.69. The molecule has 2 N–H and O–H groups in total. The Morgan fingerprint density at radius 1 is 1.50 bits per heavy atom. The molecular formula is C14H16FN3O2. The molecule has 5 nitrogen and oxygen atoms in total. The smallest absolute Gasteiger partial charge is 0.250 e. The Balaban J connectivity index is 1.86. The average Bonchev–Trinajstić information content (AvgIpc) is 2.48. The number of ether oxygens (including phenoxy) is 1. The molecule has 0 unspecified atom stereocenters. The van der Waals surface area contributed by atoms with Gasteiger partial charge in [-0.05, 0) is 44.1 Å². The number of nitrogens with zero attached hydrogens (tertiary/aromatic N) is 1. The minimum atomic E-state index is -0.509. The van der Waals surface area contributed by atoms with Crippen LogP contribution < -0.4 is 10.6 Å². The van der Waals surface area contributed by atoms with Crippen LogP contribution in [0.4, 0.5) is 10.1 Å². The van der Waals surface area contributed by atoms with Crippen LogP contribution in [0.2, 0.25) is 0 Å². The van der Waals surface area contributed by atoms with Crippen molar-refractivity contribution >= 4 is 11.6 Å². The summed E-state index contributed by atoms with van der Waals surface area (Å²) in [5.41, 5.74) is 0.396. The van der Waals surface area contributed by atoms with Crippen molar-refractivity contribution in [3.63, 3.8) is 0 Å². The van der Waals surface area contributed by atoms with Crippen molar-refractivity contribution in [3.05, 3.63) is 29.6 Å². The van der Waals surface area contributed by atoms with E-state index in [9.17, 15) is 9.18 Å². The molecule has 0 bridgehead atoms. The summed E-state index contributed by atoms with van der Waals surface area (Å²) in [7, 11) is 0. The number of carbonyl (C=O) groups excluding carboxylic acids is 1. The van der Waals surface area contributed by atoms with Crippen molar-refractivity contribution in [2.75, 3.05) is 25.0 Å². The predicted octanol–water partition coefficient (Wildman–Crippen LogP) is 1.40. The quantitative estimate of drug-likeness (QED) is 0.872. The van der Waals surface area contributed by atoms with E-state index < -0.39 is 5.82 Å². The van der Waals surface area contributed by atoms with E-state index in [4.69, 9.17) is 10.00 Å². The Kier molecular flexibility index (Phi) is 5.04. The van der Waals surface area contributed by atoms with Crippen molar-refractivity contribution in [2.45, 2.75) is 18.9 Å². The first kappa shape index (κ1) is 14.4. The molecule has 0 saturated carbocycles. The van der Waals surface area contributed by atoms with Crippen LogP contribution in [0.3, 0.4) is 0 Å². The van der Waals surface area contributed by atoms with E-state index >= 15 is 0 Å². The number of nitriles is 1. The molecule has 1 saturated heterocycles. The molecule has 0 aromatic heterocycles. The van der Waals surface area contributed by atoms with E-state index in [1.54, 1.807) is 0 Å². The van der Waals surface area contributed by atoms with Gasteiger partial charge in [0.25, 0.3) is 0 Å². The molecule has 1 fully saturated rings. The highest BCUT2D eigenvalue weighted by Crippen LogP contribution is 2.16. The zero-order valence-corrected chi connectivity index (χ0v) is 11.0. The zero-order chi connectivity index (χ0) is 14.4. The number of piperidine rings is 1. The van der Waals surface area contributed by atoms with Crippen molar-refractivity contribution in [1.82, 2.24) is 5.32 Å².